The van der Waals surface area contributed by atoms with E-state index in [1.807, 2.05) is 15.9 Å². The number of hydrogen-bond donors (Lipinski definition) is 0. The molecule has 1 atom stereocenters. The van der Waals surface area contributed by atoms with Gasteiger partial charge in [-0.3, -0.25) is 19.4 Å². The zero-order valence-electron chi connectivity index (χ0n) is 16.3. The maximum absolute atomic E-state index is 12.4. The number of nitrogens with zero attached hydrogens (tertiary/aromatic N) is 4. The zero-order chi connectivity index (χ0) is 18.6. The van der Waals surface area contributed by atoms with Gasteiger partial charge in [0.15, 0.2) is 0 Å². The van der Waals surface area contributed by atoms with E-state index in [4.69, 9.17) is 0 Å². The zero-order valence-corrected chi connectivity index (χ0v) is 16.3. The summed E-state index contributed by atoms with van der Waals surface area (Å²) in [5.41, 5.74) is 0.0561. The van der Waals surface area contributed by atoms with Gasteiger partial charge in [0.1, 0.15) is 0 Å². The van der Waals surface area contributed by atoms with Gasteiger partial charge in [0.05, 0.1) is 0 Å². The molecule has 0 aromatic carbocycles. The van der Waals surface area contributed by atoms with Gasteiger partial charge in [0.25, 0.3) is 0 Å². The van der Waals surface area contributed by atoms with Crippen LogP contribution in [0.4, 0.5) is 0 Å². The molecular formula is C20H34N4O2. The van der Waals surface area contributed by atoms with Crippen molar-refractivity contribution in [2.45, 2.75) is 44.1 Å². The lowest BCUT2D eigenvalue weighted by Gasteiger charge is -2.49. The molecule has 0 saturated carbocycles. The molecule has 1 spiro atoms. The molecule has 0 aromatic heterocycles. The molecule has 3 aliphatic rings. The second kappa shape index (κ2) is 8.53. The second-order valence-corrected chi connectivity index (χ2v) is 8.14. The number of carbonyl (C=O) groups is 2. The topological polar surface area (TPSA) is 47.1 Å². The molecule has 3 fully saturated rings. The molecule has 26 heavy (non-hydrogen) atoms. The molecule has 0 unspecified atom stereocenters. The van der Waals surface area contributed by atoms with Gasteiger partial charge in [-0.1, -0.05) is 6.08 Å². The van der Waals surface area contributed by atoms with E-state index in [0.717, 1.165) is 71.5 Å². The molecule has 0 aliphatic carbocycles. The highest BCUT2D eigenvalue weighted by Gasteiger charge is 2.42. The predicted molar refractivity (Wildman–Crippen MR) is 103 cm³/mol. The Balaban J connectivity index is 1.57. The summed E-state index contributed by atoms with van der Waals surface area (Å²) in [5.74, 6) is 0.556. The molecule has 3 rings (SSSR count). The summed E-state index contributed by atoms with van der Waals surface area (Å²) in [7, 11) is 2.19. The van der Waals surface area contributed by atoms with Crippen LogP contribution in [0.2, 0.25) is 0 Å². The van der Waals surface area contributed by atoms with Crippen molar-refractivity contribution in [2.24, 2.45) is 0 Å². The smallest absolute Gasteiger partial charge is 0.223 e. The Morgan fingerprint density at radius 2 is 1.92 bits per heavy atom. The lowest BCUT2D eigenvalue weighted by Crippen LogP contribution is -2.61. The fraction of sp³-hybridized carbons (Fsp3) is 0.800. The minimum atomic E-state index is 0.0561. The van der Waals surface area contributed by atoms with Gasteiger partial charge in [0.2, 0.25) is 11.8 Å². The van der Waals surface area contributed by atoms with Crippen LogP contribution in [0, 0.1) is 0 Å². The Hall–Kier alpha value is -1.40. The van der Waals surface area contributed by atoms with Crippen LogP contribution < -0.4 is 0 Å². The standard InChI is InChI=1S/C20H34N4O2/c1-3-10-23-14-9-20(8-6-18(23)25)17-22(16-15-21(20)2)13-7-19(26)24-11-4-5-12-24/h3H,1,4-17H2,2H3/t20-/m0/s1. The van der Waals surface area contributed by atoms with E-state index in [9.17, 15) is 9.59 Å². The van der Waals surface area contributed by atoms with Crippen LogP contribution in [0.3, 0.4) is 0 Å². The molecule has 0 radical (unpaired) electrons. The van der Waals surface area contributed by atoms with Crippen LogP contribution in [0.25, 0.3) is 0 Å². The van der Waals surface area contributed by atoms with E-state index < -0.39 is 0 Å². The van der Waals surface area contributed by atoms with Gasteiger partial charge in [-0.15, -0.1) is 6.58 Å². The third-order valence-corrected chi connectivity index (χ3v) is 6.53. The van der Waals surface area contributed by atoms with Crippen molar-refractivity contribution in [1.82, 2.24) is 19.6 Å². The largest absolute Gasteiger partial charge is 0.343 e. The quantitative estimate of drug-likeness (QED) is 0.689. The molecular weight excluding hydrogens is 328 g/mol. The highest BCUT2D eigenvalue weighted by atomic mass is 16.2. The molecule has 0 bridgehead atoms. The van der Waals surface area contributed by atoms with E-state index in [0.29, 0.717) is 25.3 Å². The minimum Gasteiger partial charge on any atom is -0.343 e. The predicted octanol–water partition coefficient (Wildman–Crippen LogP) is 1.18. The highest BCUT2D eigenvalue weighted by Crippen LogP contribution is 2.32. The Labute approximate surface area is 157 Å². The Kier molecular flexibility index (Phi) is 6.35. The Morgan fingerprint density at radius 3 is 2.65 bits per heavy atom. The van der Waals surface area contributed by atoms with Crippen molar-refractivity contribution < 1.29 is 9.59 Å². The maximum Gasteiger partial charge on any atom is 0.223 e. The van der Waals surface area contributed by atoms with Gasteiger partial charge in [-0.25, -0.2) is 0 Å². The summed E-state index contributed by atoms with van der Waals surface area (Å²) in [6.45, 7) is 10.9. The van der Waals surface area contributed by atoms with Gasteiger partial charge >= 0.3 is 0 Å². The van der Waals surface area contributed by atoms with Gasteiger partial charge in [-0.05, 0) is 32.7 Å². The number of piperazine rings is 1. The monoisotopic (exact) mass is 362 g/mol. The first kappa shape index (κ1) is 19.4. The van der Waals surface area contributed by atoms with Crippen LogP contribution in [0.1, 0.15) is 38.5 Å². The molecule has 0 N–H and O–H groups in total. The number of rotatable bonds is 5. The van der Waals surface area contributed by atoms with Crippen LogP contribution in [-0.4, -0.2) is 96.4 Å². The van der Waals surface area contributed by atoms with E-state index >= 15 is 0 Å². The van der Waals surface area contributed by atoms with Crippen molar-refractivity contribution in [2.75, 3.05) is 59.4 Å². The van der Waals surface area contributed by atoms with Gasteiger partial charge < -0.3 is 9.80 Å². The van der Waals surface area contributed by atoms with Gasteiger partial charge in [-0.2, -0.15) is 0 Å². The van der Waals surface area contributed by atoms with Crippen molar-refractivity contribution >= 4 is 11.8 Å². The van der Waals surface area contributed by atoms with Crippen molar-refractivity contribution in [1.29, 1.82) is 0 Å². The van der Waals surface area contributed by atoms with E-state index in [1.165, 1.54) is 0 Å². The molecule has 6 nitrogen and oxygen atoms in total. The number of likely N-dealkylation sites (N-methyl/N-ethyl adjacent to an activating group) is 1. The average Bonchev–Trinajstić information content (AvgIpc) is 3.13. The normalized spacial score (nSPS) is 28.6. The van der Waals surface area contributed by atoms with Crippen LogP contribution in [0.5, 0.6) is 0 Å². The third kappa shape index (κ3) is 4.29. The lowest BCUT2D eigenvalue weighted by atomic mass is 9.86. The first-order chi connectivity index (χ1) is 12.5. The summed E-state index contributed by atoms with van der Waals surface area (Å²) >= 11 is 0. The van der Waals surface area contributed by atoms with Crippen LogP contribution in [-0.2, 0) is 9.59 Å². The Bertz CT molecular complexity index is 532. The van der Waals surface area contributed by atoms with E-state index in [1.54, 1.807) is 0 Å². The summed E-state index contributed by atoms with van der Waals surface area (Å²) in [4.78, 5) is 33.6. The third-order valence-electron chi connectivity index (χ3n) is 6.53. The fourth-order valence-corrected chi connectivity index (χ4v) is 4.69. The van der Waals surface area contributed by atoms with Crippen LogP contribution >= 0.6 is 0 Å². The second-order valence-electron chi connectivity index (χ2n) is 8.14. The first-order valence-electron chi connectivity index (χ1n) is 10.1. The molecule has 6 heteroatoms. The maximum atomic E-state index is 12.4. The van der Waals surface area contributed by atoms with Crippen molar-refractivity contribution in [3.05, 3.63) is 12.7 Å². The minimum absolute atomic E-state index is 0.0561. The molecule has 146 valence electrons. The summed E-state index contributed by atoms with van der Waals surface area (Å²) in [5, 5.41) is 0. The molecule has 2 amide bonds. The number of amides is 2. The fourth-order valence-electron chi connectivity index (χ4n) is 4.69. The number of likely N-dealkylation sites (tertiary alicyclic amines) is 2. The SMILES string of the molecule is C=CCN1CC[C@@]2(CCC1=O)CN(CCC(=O)N1CCCC1)CCN2C. The molecule has 3 heterocycles. The summed E-state index contributed by atoms with van der Waals surface area (Å²) in [6.07, 6.45) is 7.26. The number of hydrogen-bond acceptors (Lipinski definition) is 4. The summed E-state index contributed by atoms with van der Waals surface area (Å²) < 4.78 is 0. The summed E-state index contributed by atoms with van der Waals surface area (Å²) in [6, 6.07) is 0. The molecule has 3 aliphatic heterocycles. The average molecular weight is 363 g/mol. The van der Waals surface area contributed by atoms with Crippen molar-refractivity contribution in [3.63, 3.8) is 0 Å². The number of carbonyl (C=O) groups excluding carboxylic acids is 2. The Morgan fingerprint density at radius 1 is 1.15 bits per heavy atom. The van der Waals surface area contributed by atoms with E-state index in [2.05, 4.69) is 23.4 Å². The van der Waals surface area contributed by atoms with Crippen LogP contribution in [0.15, 0.2) is 12.7 Å². The van der Waals surface area contributed by atoms with Gasteiger partial charge in [0, 0.05) is 70.7 Å². The van der Waals surface area contributed by atoms with E-state index in [-0.39, 0.29) is 11.4 Å². The van der Waals surface area contributed by atoms with Crippen molar-refractivity contribution in [3.8, 4) is 0 Å². The lowest BCUT2D eigenvalue weighted by molar-refractivity contribution is -0.131. The molecule has 3 saturated heterocycles. The molecule has 0 aromatic rings. The first-order valence-corrected chi connectivity index (χ1v) is 10.1. The highest BCUT2D eigenvalue weighted by molar-refractivity contribution is 5.77.